The van der Waals surface area contributed by atoms with Gasteiger partial charge in [-0.05, 0) is 51.4 Å². The third-order valence-corrected chi connectivity index (χ3v) is 6.31. The summed E-state index contributed by atoms with van der Waals surface area (Å²) >= 11 is 0. The maximum atomic E-state index is 12.6. The highest BCUT2D eigenvalue weighted by Gasteiger charge is 2.42. The van der Waals surface area contributed by atoms with Crippen molar-refractivity contribution in [1.29, 1.82) is 0 Å². The summed E-state index contributed by atoms with van der Waals surface area (Å²) < 4.78 is 26.0. The lowest BCUT2D eigenvalue weighted by molar-refractivity contribution is 0.0845. The molecule has 0 bridgehead atoms. The van der Waals surface area contributed by atoms with E-state index in [2.05, 4.69) is 10.6 Å². The van der Waals surface area contributed by atoms with E-state index in [0.29, 0.717) is 6.54 Å². The Morgan fingerprint density at radius 2 is 2.08 bits per heavy atom. The summed E-state index contributed by atoms with van der Waals surface area (Å²) in [5, 5.41) is 6.11. The highest BCUT2D eigenvalue weighted by atomic mass is 35.5. The standard InChI is InChI=1S/C16H21N3O4S.ClH/c1-10(2)19-16(21)13-6-5-11(8-14(13)24(19,22)23)15(20)18-12-4-3-7-17-9-12;/h5-6,8,10,12,17H,3-4,7,9H2,1-2H3,(H,18,20);1H. The van der Waals surface area contributed by atoms with Crippen molar-refractivity contribution in [3.63, 3.8) is 0 Å². The molecule has 1 atom stereocenters. The number of fused-ring (bicyclic) bond motifs is 1. The van der Waals surface area contributed by atoms with Gasteiger partial charge in [0.2, 0.25) is 0 Å². The van der Waals surface area contributed by atoms with Crippen molar-refractivity contribution in [2.75, 3.05) is 13.1 Å². The van der Waals surface area contributed by atoms with E-state index in [1.807, 2.05) is 0 Å². The van der Waals surface area contributed by atoms with Gasteiger partial charge in [0.25, 0.3) is 21.8 Å². The number of halogens is 1. The predicted octanol–water partition coefficient (Wildman–Crippen LogP) is 1.14. The summed E-state index contributed by atoms with van der Waals surface area (Å²) in [5.74, 6) is -0.861. The van der Waals surface area contributed by atoms with Gasteiger partial charge >= 0.3 is 0 Å². The second-order valence-electron chi connectivity index (χ2n) is 6.43. The fourth-order valence-corrected chi connectivity index (χ4v) is 4.94. The molecule has 1 aromatic carbocycles. The topological polar surface area (TPSA) is 95.6 Å². The highest BCUT2D eigenvalue weighted by Crippen LogP contribution is 2.32. The van der Waals surface area contributed by atoms with Gasteiger partial charge in [0.1, 0.15) is 4.90 Å². The lowest BCUT2D eigenvalue weighted by atomic mass is 10.1. The van der Waals surface area contributed by atoms with E-state index < -0.39 is 22.0 Å². The number of carbonyl (C=O) groups excluding carboxylic acids is 2. The van der Waals surface area contributed by atoms with Crippen LogP contribution in [0.5, 0.6) is 0 Å². The molecule has 2 amide bonds. The Balaban J connectivity index is 0.00000225. The Hall–Kier alpha value is -1.64. The molecule has 0 spiro atoms. The van der Waals surface area contributed by atoms with Crippen molar-refractivity contribution in [2.45, 2.75) is 43.7 Å². The number of nitrogens with zero attached hydrogens (tertiary/aromatic N) is 1. The number of benzene rings is 1. The van der Waals surface area contributed by atoms with Crippen molar-refractivity contribution in [1.82, 2.24) is 14.9 Å². The second kappa shape index (κ2) is 7.31. The van der Waals surface area contributed by atoms with Gasteiger partial charge in [-0.15, -0.1) is 12.4 Å². The van der Waals surface area contributed by atoms with Crippen molar-refractivity contribution >= 4 is 34.2 Å². The molecule has 0 radical (unpaired) electrons. The molecule has 1 saturated heterocycles. The Bertz CT molecular complexity index is 789. The lowest BCUT2D eigenvalue weighted by Crippen LogP contribution is -2.45. The molecule has 2 heterocycles. The number of rotatable bonds is 3. The van der Waals surface area contributed by atoms with Gasteiger partial charge in [-0.25, -0.2) is 12.7 Å². The first kappa shape index (κ1) is 19.7. The molecule has 25 heavy (non-hydrogen) atoms. The molecular formula is C16H22ClN3O4S. The molecule has 9 heteroatoms. The average molecular weight is 388 g/mol. The van der Waals surface area contributed by atoms with Gasteiger partial charge in [-0.1, -0.05) is 0 Å². The smallest absolute Gasteiger partial charge is 0.269 e. The quantitative estimate of drug-likeness (QED) is 0.810. The number of hydrogen-bond donors (Lipinski definition) is 2. The van der Waals surface area contributed by atoms with Crippen LogP contribution >= 0.6 is 12.4 Å². The number of carbonyl (C=O) groups is 2. The predicted molar refractivity (Wildman–Crippen MR) is 95.5 cm³/mol. The van der Waals surface area contributed by atoms with Crippen molar-refractivity contribution < 1.29 is 18.0 Å². The number of nitrogens with one attached hydrogen (secondary N) is 2. The normalized spacial score (nSPS) is 21.6. The fraction of sp³-hybridized carbons (Fsp3) is 0.500. The van der Waals surface area contributed by atoms with Crippen LogP contribution in [-0.2, 0) is 10.0 Å². The summed E-state index contributed by atoms with van der Waals surface area (Å²) in [4.78, 5) is 24.6. The van der Waals surface area contributed by atoms with Gasteiger partial charge in [-0.2, -0.15) is 0 Å². The van der Waals surface area contributed by atoms with Crippen LogP contribution in [0.1, 0.15) is 47.4 Å². The molecule has 0 saturated carbocycles. The fourth-order valence-electron chi connectivity index (χ4n) is 3.14. The molecular weight excluding hydrogens is 366 g/mol. The number of amides is 2. The highest BCUT2D eigenvalue weighted by molar-refractivity contribution is 7.90. The molecule has 3 rings (SSSR count). The van der Waals surface area contributed by atoms with Crippen LogP contribution in [0.3, 0.4) is 0 Å². The van der Waals surface area contributed by atoms with E-state index >= 15 is 0 Å². The Morgan fingerprint density at radius 1 is 1.36 bits per heavy atom. The van der Waals surface area contributed by atoms with Crippen LogP contribution in [0.2, 0.25) is 0 Å². The minimum Gasteiger partial charge on any atom is -0.348 e. The van der Waals surface area contributed by atoms with E-state index in [1.54, 1.807) is 13.8 Å². The van der Waals surface area contributed by atoms with Crippen LogP contribution in [-0.4, -0.2) is 49.7 Å². The molecule has 2 N–H and O–H groups in total. The summed E-state index contributed by atoms with van der Waals surface area (Å²) in [5.41, 5.74) is 0.376. The molecule has 2 aliphatic rings. The molecule has 7 nitrogen and oxygen atoms in total. The average Bonchev–Trinajstić information content (AvgIpc) is 2.74. The van der Waals surface area contributed by atoms with Crippen molar-refractivity contribution in [3.05, 3.63) is 29.3 Å². The van der Waals surface area contributed by atoms with E-state index in [-0.39, 0.29) is 40.4 Å². The third kappa shape index (κ3) is 3.51. The van der Waals surface area contributed by atoms with Crippen LogP contribution in [0.15, 0.2) is 23.1 Å². The van der Waals surface area contributed by atoms with Gasteiger partial charge in [0.15, 0.2) is 0 Å². The molecule has 1 unspecified atom stereocenters. The molecule has 138 valence electrons. The molecule has 1 aromatic rings. The lowest BCUT2D eigenvalue weighted by Gasteiger charge is -2.23. The molecule has 1 fully saturated rings. The molecule has 2 aliphatic heterocycles. The van der Waals surface area contributed by atoms with Gasteiger partial charge in [0, 0.05) is 24.2 Å². The van der Waals surface area contributed by atoms with Gasteiger partial charge < -0.3 is 10.6 Å². The first-order valence-electron chi connectivity index (χ1n) is 8.07. The first-order chi connectivity index (χ1) is 11.3. The van der Waals surface area contributed by atoms with Crippen LogP contribution in [0.4, 0.5) is 0 Å². The largest absolute Gasteiger partial charge is 0.348 e. The van der Waals surface area contributed by atoms with Crippen LogP contribution < -0.4 is 10.6 Å². The summed E-state index contributed by atoms with van der Waals surface area (Å²) in [6, 6.07) is 3.79. The number of sulfonamides is 1. The Labute approximate surface area is 153 Å². The van der Waals surface area contributed by atoms with E-state index in [0.717, 1.165) is 23.7 Å². The zero-order valence-corrected chi connectivity index (χ0v) is 15.7. The number of hydrogen-bond acceptors (Lipinski definition) is 5. The SMILES string of the molecule is CC(C)N1C(=O)c2ccc(C(=O)NC3CCCNC3)cc2S1(=O)=O.Cl. The van der Waals surface area contributed by atoms with Crippen molar-refractivity contribution in [2.24, 2.45) is 0 Å². The monoisotopic (exact) mass is 387 g/mol. The number of piperidine rings is 1. The van der Waals surface area contributed by atoms with E-state index in [4.69, 9.17) is 0 Å². The van der Waals surface area contributed by atoms with Gasteiger partial charge in [-0.3, -0.25) is 9.59 Å². The Morgan fingerprint density at radius 3 is 2.68 bits per heavy atom. The maximum absolute atomic E-state index is 12.6. The summed E-state index contributed by atoms with van der Waals surface area (Å²) in [7, 11) is -3.89. The van der Waals surface area contributed by atoms with E-state index in [1.165, 1.54) is 18.2 Å². The summed E-state index contributed by atoms with van der Waals surface area (Å²) in [6.45, 7) is 4.93. The molecule has 0 aliphatic carbocycles. The second-order valence-corrected chi connectivity index (χ2v) is 8.21. The van der Waals surface area contributed by atoms with Crippen LogP contribution in [0, 0.1) is 0 Å². The maximum Gasteiger partial charge on any atom is 0.269 e. The van der Waals surface area contributed by atoms with E-state index in [9.17, 15) is 18.0 Å². The zero-order chi connectivity index (χ0) is 17.5. The minimum atomic E-state index is -3.89. The minimum absolute atomic E-state index is 0. The first-order valence-corrected chi connectivity index (χ1v) is 9.51. The van der Waals surface area contributed by atoms with Crippen molar-refractivity contribution in [3.8, 4) is 0 Å². The Kier molecular flexibility index (Phi) is 5.75. The molecule has 0 aromatic heterocycles. The van der Waals surface area contributed by atoms with Crippen LogP contribution in [0.25, 0.3) is 0 Å². The third-order valence-electron chi connectivity index (χ3n) is 4.31. The van der Waals surface area contributed by atoms with Gasteiger partial charge in [0.05, 0.1) is 5.56 Å². The zero-order valence-electron chi connectivity index (χ0n) is 14.1. The summed E-state index contributed by atoms with van der Waals surface area (Å²) in [6.07, 6.45) is 1.88.